The van der Waals surface area contributed by atoms with Crippen LogP contribution in [0.25, 0.3) is 11.3 Å². The molecule has 5 rings (SSSR count). The molecule has 2 aliphatic heterocycles. The standard InChI is InChI=1S/C27H33N7O5/c1-6-33-15-27(4,5)39-23-21(24(33)35)22(30-25(31-23)34-10-12-37-14-17(34)3)18-7-8-19(16(2)13-18)28-26(36)29-20-9-11-38-32-20/h7-9,11,13,17H,6,10,12,14-15H2,1-5H3,(H2,28,29,32,36). The number of benzene rings is 1. The number of hydrogen-bond donors (Lipinski definition) is 2. The molecule has 0 radical (unpaired) electrons. The van der Waals surface area contributed by atoms with Crippen molar-refractivity contribution in [2.24, 2.45) is 0 Å². The van der Waals surface area contributed by atoms with Crippen LogP contribution in [0, 0.1) is 6.92 Å². The molecular formula is C27H33N7O5. The molecule has 1 aromatic carbocycles. The highest BCUT2D eigenvalue weighted by Gasteiger charge is 2.38. The van der Waals surface area contributed by atoms with Crippen LogP contribution in [0.4, 0.5) is 22.2 Å². The summed E-state index contributed by atoms with van der Waals surface area (Å²) in [6.45, 7) is 12.5. The number of fused-ring (bicyclic) bond motifs is 1. The Kier molecular flexibility index (Phi) is 7.13. The summed E-state index contributed by atoms with van der Waals surface area (Å²) in [5.74, 6) is 0.880. The van der Waals surface area contributed by atoms with E-state index in [1.165, 1.54) is 6.26 Å². The van der Waals surface area contributed by atoms with E-state index in [4.69, 9.17) is 24.0 Å². The number of carbonyl (C=O) groups is 2. The molecule has 2 N–H and O–H groups in total. The van der Waals surface area contributed by atoms with Crippen LogP contribution in [0.5, 0.6) is 5.88 Å². The van der Waals surface area contributed by atoms with Crippen LogP contribution in [0.3, 0.4) is 0 Å². The van der Waals surface area contributed by atoms with Gasteiger partial charge < -0.3 is 29.1 Å². The Bertz CT molecular complexity index is 1380. The van der Waals surface area contributed by atoms with E-state index in [2.05, 4.69) is 27.6 Å². The molecular weight excluding hydrogens is 502 g/mol. The summed E-state index contributed by atoms with van der Waals surface area (Å²) in [6.07, 6.45) is 1.37. The topological polar surface area (TPSA) is 135 Å². The molecule has 1 atom stereocenters. The summed E-state index contributed by atoms with van der Waals surface area (Å²) < 4.78 is 16.7. The molecule has 2 aliphatic rings. The normalized spacial score (nSPS) is 18.7. The van der Waals surface area contributed by atoms with E-state index in [9.17, 15) is 9.59 Å². The lowest BCUT2D eigenvalue weighted by molar-refractivity contribution is 0.0541. The van der Waals surface area contributed by atoms with Crippen LogP contribution in [-0.4, -0.2) is 76.5 Å². The summed E-state index contributed by atoms with van der Waals surface area (Å²) in [5, 5.41) is 9.11. The average Bonchev–Trinajstić information content (AvgIpc) is 3.37. The predicted molar refractivity (Wildman–Crippen MR) is 145 cm³/mol. The lowest BCUT2D eigenvalue weighted by Crippen LogP contribution is -2.44. The zero-order chi connectivity index (χ0) is 27.7. The molecule has 39 heavy (non-hydrogen) atoms. The number of anilines is 3. The van der Waals surface area contributed by atoms with Crippen molar-refractivity contribution >= 4 is 29.4 Å². The molecule has 1 saturated heterocycles. The quantitative estimate of drug-likeness (QED) is 0.498. The van der Waals surface area contributed by atoms with Gasteiger partial charge in [0.1, 0.15) is 17.4 Å². The molecule has 1 fully saturated rings. The third-order valence-electron chi connectivity index (χ3n) is 6.74. The average molecular weight is 536 g/mol. The number of carbonyl (C=O) groups excluding carboxylic acids is 2. The van der Waals surface area contributed by atoms with Gasteiger partial charge in [0.25, 0.3) is 5.91 Å². The number of rotatable bonds is 5. The number of amides is 3. The van der Waals surface area contributed by atoms with Crippen molar-refractivity contribution in [1.29, 1.82) is 0 Å². The van der Waals surface area contributed by atoms with Crippen LogP contribution in [0.1, 0.15) is 43.6 Å². The molecule has 4 heterocycles. The number of ether oxygens (including phenoxy) is 2. The van der Waals surface area contributed by atoms with Crippen LogP contribution in [-0.2, 0) is 4.74 Å². The van der Waals surface area contributed by atoms with Crippen molar-refractivity contribution in [3.05, 3.63) is 41.7 Å². The van der Waals surface area contributed by atoms with Gasteiger partial charge in [0, 0.05) is 30.4 Å². The Hall–Kier alpha value is -4.19. The first-order chi connectivity index (χ1) is 18.6. The monoisotopic (exact) mass is 535 g/mol. The Labute approximate surface area is 226 Å². The van der Waals surface area contributed by atoms with Gasteiger partial charge in [-0.3, -0.25) is 10.1 Å². The smallest absolute Gasteiger partial charge is 0.324 e. The van der Waals surface area contributed by atoms with Gasteiger partial charge in [-0.05, 0) is 52.3 Å². The molecule has 12 heteroatoms. The van der Waals surface area contributed by atoms with E-state index in [1.54, 1.807) is 17.0 Å². The second-order valence-corrected chi connectivity index (χ2v) is 10.3. The van der Waals surface area contributed by atoms with E-state index in [-0.39, 0.29) is 17.8 Å². The predicted octanol–water partition coefficient (Wildman–Crippen LogP) is 3.94. The van der Waals surface area contributed by atoms with Crippen LogP contribution >= 0.6 is 0 Å². The molecule has 0 spiro atoms. The largest absolute Gasteiger partial charge is 0.469 e. The number of hydrogen-bond acceptors (Lipinski definition) is 9. The number of morpholine rings is 1. The number of urea groups is 1. The van der Waals surface area contributed by atoms with Gasteiger partial charge in [0.2, 0.25) is 11.8 Å². The SMILES string of the molecule is CCN1CC(C)(C)Oc2nc(N3CCOCC3C)nc(-c3ccc(NC(=O)Nc4ccon4)c(C)c3)c2C1=O. The molecule has 0 aliphatic carbocycles. The summed E-state index contributed by atoms with van der Waals surface area (Å²) >= 11 is 0. The maximum atomic E-state index is 13.8. The van der Waals surface area contributed by atoms with Crippen molar-refractivity contribution in [3.8, 4) is 17.1 Å². The van der Waals surface area contributed by atoms with Gasteiger partial charge in [0.05, 0.1) is 31.5 Å². The first kappa shape index (κ1) is 26.4. The Balaban J connectivity index is 1.57. The maximum absolute atomic E-state index is 13.8. The second-order valence-electron chi connectivity index (χ2n) is 10.3. The highest BCUT2D eigenvalue weighted by molar-refractivity contribution is 6.03. The van der Waals surface area contributed by atoms with Gasteiger partial charge in [-0.2, -0.15) is 4.98 Å². The third kappa shape index (κ3) is 5.51. The Morgan fingerprint density at radius 1 is 1.21 bits per heavy atom. The van der Waals surface area contributed by atoms with E-state index in [0.29, 0.717) is 67.1 Å². The number of nitrogens with one attached hydrogen (secondary N) is 2. The van der Waals surface area contributed by atoms with E-state index >= 15 is 0 Å². The fourth-order valence-corrected chi connectivity index (χ4v) is 4.79. The van der Waals surface area contributed by atoms with E-state index in [0.717, 1.165) is 5.56 Å². The van der Waals surface area contributed by atoms with Crippen molar-refractivity contribution in [2.75, 3.05) is 48.4 Å². The molecule has 206 valence electrons. The number of nitrogens with zero attached hydrogens (tertiary/aromatic N) is 5. The Morgan fingerprint density at radius 2 is 2.03 bits per heavy atom. The molecule has 1 unspecified atom stereocenters. The summed E-state index contributed by atoms with van der Waals surface area (Å²) in [6, 6.07) is 6.64. The minimum absolute atomic E-state index is 0.0582. The molecule has 2 aromatic heterocycles. The second kappa shape index (κ2) is 10.5. The number of aromatic nitrogens is 3. The van der Waals surface area contributed by atoms with Crippen LogP contribution in [0.15, 0.2) is 35.1 Å². The van der Waals surface area contributed by atoms with Gasteiger partial charge in [-0.1, -0.05) is 11.2 Å². The summed E-state index contributed by atoms with van der Waals surface area (Å²) in [4.78, 5) is 39.8. The first-order valence-corrected chi connectivity index (χ1v) is 13.0. The van der Waals surface area contributed by atoms with Gasteiger partial charge in [0.15, 0.2) is 5.82 Å². The highest BCUT2D eigenvalue weighted by Crippen LogP contribution is 2.37. The summed E-state index contributed by atoms with van der Waals surface area (Å²) in [7, 11) is 0. The van der Waals surface area contributed by atoms with Crippen molar-refractivity contribution in [3.63, 3.8) is 0 Å². The lowest BCUT2D eigenvalue weighted by Gasteiger charge is -2.34. The molecule has 0 bridgehead atoms. The van der Waals surface area contributed by atoms with Gasteiger partial charge >= 0.3 is 6.03 Å². The van der Waals surface area contributed by atoms with E-state index in [1.807, 2.05) is 39.8 Å². The molecule has 3 amide bonds. The Morgan fingerprint density at radius 3 is 2.72 bits per heavy atom. The molecule has 12 nitrogen and oxygen atoms in total. The van der Waals surface area contributed by atoms with E-state index < -0.39 is 11.6 Å². The zero-order valence-electron chi connectivity index (χ0n) is 22.8. The van der Waals surface area contributed by atoms with Crippen molar-refractivity contribution in [2.45, 2.75) is 46.3 Å². The lowest BCUT2D eigenvalue weighted by atomic mass is 10.0. The maximum Gasteiger partial charge on any atom is 0.324 e. The molecule has 3 aromatic rings. The van der Waals surface area contributed by atoms with Crippen LogP contribution < -0.4 is 20.3 Å². The summed E-state index contributed by atoms with van der Waals surface area (Å²) in [5.41, 5.74) is 2.26. The minimum Gasteiger partial charge on any atom is -0.469 e. The highest BCUT2D eigenvalue weighted by atomic mass is 16.5. The third-order valence-corrected chi connectivity index (χ3v) is 6.74. The van der Waals surface area contributed by atoms with Crippen molar-refractivity contribution < 1.29 is 23.6 Å². The zero-order valence-corrected chi connectivity index (χ0v) is 22.8. The van der Waals surface area contributed by atoms with Gasteiger partial charge in [-0.15, -0.1) is 0 Å². The fourth-order valence-electron chi connectivity index (χ4n) is 4.79. The minimum atomic E-state index is -0.642. The van der Waals surface area contributed by atoms with Crippen LogP contribution in [0.2, 0.25) is 0 Å². The van der Waals surface area contributed by atoms with Gasteiger partial charge in [-0.25, -0.2) is 9.78 Å². The number of aryl methyl sites for hydroxylation is 1. The fraction of sp³-hybridized carbons (Fsp3) is 0.444. The first-order valence-electron chi connectivity index (χ1n) is 13.0. The number of likely N-dealkylation sites (N-methyl/N-ethyl adjacent to an activating group) is 1. The molecule has 0 saturated carbocycles. The van der Waals surface area contributed by atoms with Crippen molar-refractivity contribution in [1.82, 2.24) is 20.0 Å².